The third-order valence-corrected chi connectivity index (χ3v) is 10.9. The summed E-state index contributed by atoms with van der Waals surface area (Å²) in [6.07, 6.45) is 8.90. The van der Waals surface area contributed by atoms with Gasteiger partial charge in [-0.15, -0.1) is 0 Å². The molecule has 7 rings (SSSR count). The Kier molecular flexibility index (Phi) is 7.31. The minimum atomic E-state index is -0.721. The first-order valence-corrected chi connectivity index (χ1v) is 16.5. The molecule has 44 heavy (non-hydrogen) atoms. The summed E-state index contributed by atoms with van der Waals surface area (Å²) in [5.41, 5.74) is 3.31. The average molecular weight is 599 g/mol. The molecular formula is C37H46N2O5. The number of benzene rings is 2. The van der Waals surface area contributed by atoms with Gasteiger partial charge in [-0.2, -0.15) is 0 Å². The molecule has 1 spiro atoms. The fourth-order valence-electron chi connectivity index (χ4n) is 9.18. The Morgan fingerprint density at radius 3 is 2.68 bits per heavy atom. The zero-order valence-electron chi connectivity index (χ0n) is 26.8. The maximum atomic E-state index is 14.2. The van der Waals surface area contributed by atoms with Gasteiger partial charge in [0.2, 0.25) is 5.91 Å². The van der Waals surface area contributed by atoms with Gasteiger partial charge in [0.05, 0.1) is 24.6 Å². The molecule has 7 nitrogen and oxygen atoms in total. The van der Waals surface area contributed by atoms with Crippen molar-refractivity contribution in [1.29, 1.82) is 0 Å². The number of likely N-dealkylation sites (tertiary alicyclic amines) is 1. The molecule has 3 aliphatic carbocycles. The molecule has 5 atom stereocenters. The van der Waals surface area contributed by atoms with Gasteiger partial charge in [0.25, 0.3) is 0 Å². The molecule has 1 saturated heterocycles. The van der Waals surface area contributed by atoms with E-state index in [-0.39, 0.29) is 36.0 Å². The van der Waals surface area contributed by atoms with Gasteiger partial charge in [-0.1, -0.05) is 49.7 Å². The van der Waals surface area contributed by atoms with Crippen LogP contribution in [0.3, 0.4) is 0 Å². The summed E-state index contributed by atoms with van der Waals surface area (Å²) in [4.78, 5) is 31.8. The summed E-state index contributed by atoms with van der Waals surface area (Å²) in [7, 11) is 1.69. The van der Waals surface area contributed by atoms with Crippen molar-refractivity contribution in [3.63, 3.8) is 0 Å². The summed E-state index contributed by atoms with van der Waals surface area (Å²) in [6, 6.07) is 12.3. The highest BCUT2D eigenvalue weighted by atomic mass is 16.6. The fourth-order valence-corrected chi connectivity index (χ4v) is 9.18. The predicted octanol–water partition coefficient (Wildman–Crippen LogP) is 5.71. The summed E-state index contributed by atoms with van der Waals surface area (Å²) >= 11 is 0. The highest BCUT2D eigenvalue weighted by Crippen LogP contribution is 2.67. The molecule has 7 heteroatoms. The molecule has 2 aromatic carbocycles. The normalized spacial score (nSPS) is 30.2. The number of esters is 1. The van der Waals surface area contributed by atoms with E-state index in [0.717, 1.165) is 54.3 Å². The Bertz CT molecular complexity index is 1500. The van der Waals surface area contributed by atoms with E-state index < -0.39 is 11.0 Å². The van der Waals surface area contributed by atoms with Crippen LogP contribution >= 0.6 is 0 Å². The van der Waals surface area contributed by atoms with Crippen molar-refractivity contribution in [1.82, 2.24) is 9.80 Å². The van der Waals surface area contributed by atoms with Crippen molar-refractivity contribution in [2.24, 2.45) is 11.8 Å². The first-order valence-electron chi connectivity index (χ1n) is 16.5. The van der Waals surface area contributed by atoms with Crippen LogP contribution in [0.2, 0.25) is 0 Å². The Morgan fingerprint density at radius 1 is 1.16 bits per heavy atom. The molecule has 0 aromatic heterocycles. The van der Waals surface area contributed by atoms with E-state index in [1.807, 2.05) is 29.2 Å². The molecule has 2 bridgehead atoms. The second-order valence-electron chi connectivity index (χ2n) is 14.3. The van der Waals surface area contributed by atoms with Crippen molar-refractivity contribution in [3.05, 3.63) is 64.7 Å². The van der Waals surface area contributed by atoms with Gasteiger partial charge in [-0.3, -0.25) is 14.5 Å². The van der Waals surface area contributed by atoms with Crippen LogP contribution in [0, 0.1) is 18.8 Å². The molecule has 1 amide bonds. The van der Waals surface area contributed by atoms with Crippen LogP contribution in [0.15, 0.2) is 42.5 Å². The lowest BCUT2D eigenvalue weighted by Gasteiger charge is -2.65. The number of hydrogen-bond donors (Lipinski definition) is 0. The highest BCUT2D eigenvalue weighted by Gasteiger charge is 2.75. The molecule has 2 unspecified atom stereocenters. The van der Waals surface area contributed by atoms with E-state index in [0.29, 0.717) is 25.1 Å². The lowest BCUT2D eigenvalue weighted by molar-refractivity contribution is -0.224. The van der Waals surface area contributed by atoms with Crippen LogP contribution in [0.4, 0.5) is 0 Å². The maximum absolute atomic E-state index is 14.2. The van der Waals surface area contributed by atoms with Gasteiger partial charge in [-0.25, -0.2) is 0 Å². The molecule has 0 N–H and O–H groups in total. The number of piperidine rings is 1. The molecule has 2 aliphatic heterocycles. The molecule has 3 fully saturated rings. The van der Waals surface area contributed by atoms with Gasteiger partial charge in [0.15, 0.2) is 11.5 Å². The van der Waals surface area contributed by atoms with E-state index >= 15 is 0 Å². The van der Waals surface area contributed by atoms with Gasteiger partial charge >= 0.3 is 5.97 Å². The first kappa shape index (κ1) is 29.4. The van der Waals surface area contributed by atoms with Crippen molar-refractivity contribution in [2.75, 3.05) is 26.7 Å². The number of rotatable bonds is 9. The van der Waals surface area contributed by atoms with Crippen LogP contribution in [0.5, 0.6) is 11.5 Å². The summed E-state index contributed by atoms with van der Waals surface area (Å²) in [5, 5.41) is 0. The number of amides is 1. The highest BCUT2D eigenvalue weighted by molar-refractivity contribution is 5.92. The van der Waals surface area contributed by atoms with Gasteiger partial charge in [-0.05, 0) is 87.1 Å². The Hall–Kier alpha value is -3.32. The molecule has 234 valence electrons. The topological polar surface area (TPSA) is 68.3 Å². The van der Waals surface area contributed by atoms with E-state index in [1.165, 1.54) is 18.4 Å². The Labute approximate surface area is 261 Å². The monoisotopic (exact) mass is 598 g/mol. The van der Waals surface area contributed by atoms with Crippen molar-refractivity contribution < 1.29 is 23.8 Å². The minimum absolute atomic E-state index is 0.00753. The second kappa shape index (κ2) is 10.9. The number of methoxy groups -OCH3 is 1. The lowest BCUT2D eigenvalue weighted by Crippen LogP contribution is -2.79. The number of carbonyl (C=O) groups excluding carboxylic acids is 2. The predicted molar refractivity (Wildman–Crippen MR) is 170 cm³/mol. The van der Waals surface area contributed by atoms with Crippen LogP contribution in [0.1, 0.15) is 75.1 Å². The molecule has 2 heterocycles. The largest absolute Gasteiger partial charge is 0.493 e. The average Bonchev–Trinajstić information content (AvgIpc) is 3.73. The molecule has 5 aliphatic rings. The van der Waals surface area contributed by atoms with Gasteiger partial charge in [0, 0.05) is 31.7 Å². The number of nitrogens with zero attached hydrogens (tertiary/aromatic N) is 2. The molecular weight excluding hydrogens is 552 g/mol. The zero-order valence-corrected chi connectivity index (χ0v) is 26.8. The van der Waals surface area contributed by atoms with E-state index in [2.05, 4.69) is 43.9 Å². The zero-order chi connectivity index (χ0) is 30.8. The number of aryl methyl sites for hydroxylation is 1. The molecule has 2 saturated carbocycles. The minimum Gasteiger partial charge on any atom is -0.493 e. The lowest BCUT2D eigenvalue weighted by atomic mass is 9.48. The van der Waals surface area contributed by atoms with E-state index in [4.69, 9.17) is 14.2 Å². The maximum Gasteiger partial charge on any atom is 0.303 e. The summed E-state index contributed by atoms with van der Waals surface area (Å²) in [5.74, 6) is 2.25. The smallest absolute Gasteiger partial charge is 0.303 e. The number of ether oxygens (including phenoxy) is 3. The number of carbonyl (C=O) groups is 2. The van der Waals surface area contributed by atoms with Crippen molar-refractivity contribution >= 4 is 18.0 Å². The van der Waals surface area contributed by atoms with Crippen LogP contribution in [-0.4, -0.2) is 72.2 Å². The van der Waals surface area contributed by atoms with Crippen molar-refractivity contribution in [2.45, 2.75) is 95.4 Å². The summed E-state index contributed by atoms with van der Waals surface area (Å²) in [6.45, 7) is 10.5. The van der Waals surface area contributed by atoms with Crippen LogP contribution < -0.4 is 9.47 Å². The number of hydrogen-bond acceptors (Lipinski definition) is 6. The van der Waals surface area contributed by atoms with Gasteiger partial charge in [0.1, 0.15) is 11.7 Å². The third kappa shape index (κ3) is 4.57. The quantitative estimate of drug-likeness (QED) is 0.272. The van der Waals surface area contributed by atoms with Crippen LogP contribution in [0.25, 0.3) is 6.08 Å². The SMILES string of the molecule is COc1ccc2c3c1OC1C(N(CC(C)C)C(=O)/C=C/c4cccc(C)c4)CC[C@@]4(OC(C)=O)[C@@H](C2)N(CC2CC2)CC[C@]314. The summed E-state index contributed by atoms with van der Waals surface area (Å²) < 4.78 is 19.6. The molecule has 0 radical (unpaired) electrons. The van der Waals surface area contributed by atoms with Gasteiger partial charge < -0.3 is 19.1 Å². The van der Waals surface area contributed by atoms with E-state index in [9.17, 15) is 9.59 Å². The standard InChI is InChI=1S/C37H46N2O5/c1-23(2)21-39(32(41)14-11-26-8-6-7-24(3)19-26)29-15-16-37(44-25(4)40)31-20-28-12-13-30(42-5)34-33(28)36(37,35(29)43-34)17-18-38(31)22-27-9-10-27/h6-8,11-14,19,23,27,29,31,35H,9-10,15-18,20-22H2,1-5H3/b14-11+/t29?,31-,35?,36+,37-/m1/s1. The Balaban J connectivity index is 1.34. The van der Waals surface area contributed by atoms with E-state index in [1.54, 1.807) is 20.1 Å². The third-order valence-electron chi connectivity index (χ3n) is 10.9. The fraction of sp³-hybridized carbons (Fsp3) is 0.568. The second-order valence-corrected chi connectivity index (χ2v) is 14.3. The Morgan fingerprint density at radius 2 is 1.98 bits per heavy atom. The van der Waals surface area contributed by atoms with Crippen molar-refractivity contribution in [3.8, 4) is 11.5 Å². The van der Waals surface area contributed by atoms with Crippen LogP contribution in [-0.2, 0) is 26.2 Å². The molecule has 2 aromatic rings. The first-order chi connectivity index (χ1) is 21.2.